The highest BCUT2D eigenvalue weighted by atomic mass is 79.9. The number of hydrogen-bond acceptors (Lipinski definition) is 3. The van der Waals surface area contributed by atoms with E-state index in [1.54, 1.807) is 31.4 Å². The molecule has 112 valence electrons. The summed E-state index contributed by atoms with van der Waals surface area (Å²) in [6.45, 7) is 0.206. The fourth-order valence-electron chi connectivity index (χ4n) is 1.94. The first kappa shape index (κ1) is 16.1. The van der Waals surface area contributed by atoms with Gasteiger partial charge in [0.05, 0.1) is 13.2 Å². The second-order valence-corrected chi connectivity index (χ2v) is 5.93. The summed E-state index contributed by atoms with van der Waals surface area (Å²) in [6, 6.07) is 12.8. The van der Waals surface area contributed by atoms with E-state index >= 15 is 0 Å². The molecule has 0 aliphatic carbocycles. The maximum atomic E-state index is 10.1. The molecule has 0 aliphatic rings. The Labute approximate surface area is 137 Å². The number of rotatable bonds is 6. The van der Waals surface area contributed by atoms with E-state index in [9.17, 15) is 5.11 Å². The summed E-state index contributed by atoms with van der Waals surface area (Å²) in [5.74, 6) is 1.43. The predicted molar refractivity (Wildman–Crippen MR) is 87.4 cm³/mol. The van der Waals surface area contributed by atoms with Gasteiger partial charge >= 0.3 is 0 Å². The number of ether oxygens (including phenoxy) is 2. The molecule has 2 rings (SSSR count). The van der Waals surface area contributed by atoms with Crippen molar-refractivity contribution in [1.29, 1.82) is 0 Å². The summed E-state index contributed by atoms with van der Waals surface area (Å²) < 4.78 is 11.8. The average molecular weight is 372 g/mol. The van der Waals surface area contributed by atoms with Gasteiger partial charge in [0, 0.05) is 15.9 Å². The molecule has 0 saturated carbocycles. The van der Waals surface area contributed by atoms with Gasteiger partial charge in [0.25, 0.3) is 0 Å². The number of aliphatic hydroxyl groups excluding tert-OH is 1. The highest BCUT2D eigenvalue weighted by molar-refractivity contribution is 9.10. The molecule has 0 amide bonds. The lowest BCUT2D eigenvalue weighted by molar-refractivity contribution is 0.107. The largest absolute Gasteiger partial charge is 0.496 e. The van der Waals surface area contributed by atoms with Gasteiger partial charge in [-0.2, -0.15) is 0 Å². The lowest BCUT2D eigenvalue weighted by atomic mass is 10.1. The molecule has 0 spiro atoms. The Kier molecular flexibility index (Phi) is 5.91. The lowest BCUT2D eigenvalue weighted by Crippen LogP contribution is -2.20. The van der Waals surface area contributed by atoms with Gasteiger partial charge in [-0.05, 0) is 48.0 Å². The zero-order valence-electron chi connectivity index (χ0n) is 11.6. The fourth-order valence-corrected chi connectivity index (χ4v) is 2.48. The van der Waals surface area contributed by atoms with Crippen LogP contribution in [0, 0.1) is 0 Å². The molecule has 2 aromatic carbocycles. The smallest absolute Gasteiger partial charge is 0.122 e. The highest BCUT2D eigenvalue weighted by Crippen LogP contribution is 2.24. The van der Waals surface area contributed by atoms with E-state index in [1.807, 2.05) is 18.2 Å². The van der Waals surface area contributed by atoms with Gasteiger partial charge < -0.3 is 14.6 Å². The number of methoxy groups -OCH3 is 1. The maximum absolute atomic E-state index is 10.1. The van der Waals surface area contributed by atoms with Crippen molar-refractivity contribution in [3.8, 4) is 11.5 Å². The van der Waals surface area contributed by atoms with Crippen LogP contribution in [0.1, 0.15) is 5.56 Å². The Bertz CT molecular complexity index is 587. The second-order valence-electron chi connectivity index (χ2n) is 4.58. The molecule has 2 aromatic rings. The van der Waals surface area contributed by atoms with Crippen LogP contribution in [-0.4, -0.2) is 24.9 Å². The minimum Gasteiger partial charge on any atom is -0.496 e. The third kappa shape index (κ3) is 4.92. The molecule has 1 N–H and O–H groups in total. The van der Waals surface area contributed by atoms with Gasteiger partial charge in [0.15, 0.2) is 0 Å². The summed E-state index contributed by atoms with van der Waals surface area (Å²) in [6.07, 6.45) is -0.167. The van der Waals surface area contributed by atoms with E-state index in [4.69, 9.17) is 21.1 Å². The van der Waals surface area contributed by atoms with Crippen LogP contribution in [0.5, 0.6) is 11.5 Å². The van der Waals surface area contributed by atoms with Crippen LogP contribution >= 0.6 is 27.5 Å². The maximum Gasteiger partial charge on any atom is 0.122 e. The summed E-state index contributed by atoms with van der Waals surface area (Å²) in [4.78, 5) is 0. The van der Waals surface area contributed by atoms with Gasteiger partial charge in [0.1, 0.15) is 18.1 Å². The first-order valence-electron chi connectivity index (χ1n) is 6.47. The molecule has 0 heterocycles. The molecule has 5 heteroatoms. The Hall–Kier alpha value is -1.23. The molecular formula is C16H16BrClO3. The quantitative estimate of drug-likeness (QED) is 0.831. The van der Waals surface area contributed by atoms with Crippen molar-refractivity contribution in [2.75, 3.05) is 13.7 Å². The molecule has 1 atom stereocenters. The normalized spacial score (nSPS) is 12.0. The second kappa shape index (κ2) is 7.69. The van der Waals surface area contributed by atoms with Gasteiger partial charge in [-0.3, -0.25) is 0 Å². The van der Waals surface area contributed by atoms with Crippen LogP contribution in [0.15, 0.2) is 46.9 Å². The van der Waals surface area contributed by atoms with Crippen LogP contribution in [0.4, 0.5) is 0 Å². The van der Waals surface area contributed by atoms with E-state index in [1.165, 1.54) is 0 Å². The molecule has 21 heavy (non-hydrogen) atoms. The van der Waals surface area contributed by atoms with E-state index in [-0.39, 0.29) is 6.61 Å². The van der Waals surface area contributed by atoms with Gasteiger partial charge in [-0.15, -0.1) is 0 Å². The van der Waals surface area contributed by atoms with Crippen LogP contribution in [0.3, 0.4) is 0 Å². The zero-order chi connectivity index (χ0) is 15.2. The number of halogens is 2. The molecule has 1 unspecified atom stereocenters. The fraction of sp³-hybridized carbons (Fsp3) is 0.250. The Morgan fingerprint density at radius 2 is 1.90 bits per heavy atom. The van der Waals surface area contributed by atoms with Crippen LogP contribution in [0.2, 0.25) is 5.02 Å². The summed E-state index contributed by atoms with van der Waals surface area (Å²) in [7, 11) is 1.61. The Morgan fingerprint density at radius 1 is 1.19 bits per heavy atom. The average Bonchev–Trinajstić information content (AvgIpc) is 2.47. The summed E-state index contributed by atoms with van der Waals surface area (Å²) in [5, 5.41) is 10.8. The standard InChI is InChI=1S/C16H16BrClO3/c1-20-16-7-2-12(17)8-11(16)9-14(19)10-21-15-5-3-13(18)4-6-15/h2-8,14,19H,9-10H2,1H3. The van der Waals surface area contributed by atoms with Gasteiger partial charge in [-0.1, -0.05) is 27.5 Å². The van der Waals surface area contributed by atoms with E-state index < -0.39 is 6.10 Å². The highest BCUT2D eigenvalue weighted by Gasteiger charge is 2.11. The number of hydrogen-bond donors (Lipinski definition) is 1. The first-order valence-corrected chi connectivity index (χ1v) is 7.64. The van der Waals surface area contributed by atoms with Crippen LogP contribution in [-0.2, 0) is 6.42 Å². The number of benzene rings is 2. The molecule has 0 aliphatic heterocycles. The monoisotopic (exact) mass is 370 g/mol. The third-order valence-electron chi connectivity index (χ3n) is 2.95. The molecule has 0 radical (unpaired) electrons. The molecule has 0 aromatic heterocycles. The SMILES string of the molecule is COc1ccc(Br)cc1CC(O)COc1ccc(Cl)cc1. The van der Waals surface area contributed by atoms with Crippen molar-refractivity contribution in [3.63, 3.8) is 0 Å². The molecule has 3 nitrogen and oxygen atoms in total. The van der Waals surface area contributed by atoms with E-state index in [0.717, 1.165) is 15.8 Å². The zero-order valence-corrected chi connectivity index (χ0v) is 13.9. The third-order valence-corrected chi connectivity index (χ3v) is 3.70. The molecule has 0 fully saturated rings. The lowest BCUT2D eigenvalue weighted by Gasteiger charge is -2.15. The van der Waals surface area contributed by atoms with Crippen molar-refractivity contribution < 1.29 is 14.6 Å². The topological polar surface area (TPSA) is 38.7 Å². The summed E-state index contributed by atoms with van der Waals surface area (Å²) >= 11 is 9.22. The first-order chi connectivity index (χ1) is 10.1. The molecule has 0 saturated heterocycles. The van der Waals surface area contributed by atoms with Gasteiger partial charge in [-0.25, -0.2) is 0 Å². The Balaban J connectivity index is 1.94. The van der Waals surface area contributed by atoms with E-state index in [2.05, 4.69) is 15.9 Å². The Morgan fingerprint density at radius 3 is 2.57 bits per heavy atom. The predicted octanol–water partition coefficient (Wildman–Crippen LogP) is 4.09. The van der Waals surface area contributed by atoms with Crippen molar-refractivity contribution in [1.82, 2.24) is 0 Å². The van der Waals surface area contributed by atoms with Crippen molar-refractivity contribution in [2.45, 2.75) is 12.5 Å². The molecule has 0 bridgehead atoms. The summed E-state index contributed by atoms with van der Waals surface area (Å²) in [5.41, 5.74) is 0.930. The minimum atomic E-state index is -0.621. The van der Waals surface area contributed by atoms with Crippen molar-refractivity contribution >= 4 is 27.5 Å². The van der Waals surface area contributed by atoms with E-state index in [0.29, 0.717) is 17.2 Å². The van der Waals surface area contributed by atoms with Crippen molar-refractivity contribution in [2.24, 2.45) is 0 Å². The van der Waals surface area contributed by atoms with Crippen LogP contribution < -0.4 is 9.47 Å². The molecular weight excluding hydrogens is 356 g/mol. The minimum absolute atomic E-state index is 0.206. The van der Waals surface area contributed by atoms with Crippen LogP contribution in [0.25, 0.3) is 0 Å². The van der Waals surface area contributed by atoms with Crippen molar-refractivity contribution in [3.05, 3.63) is 57.5 Å². The number of aliphatic hydroxyl groups is 1. The van der Waals surface area contributed by atoms with Gasteiger partial charge in [0.2, 0.25) is 0 Å².